The van der Waals surface area contributed by atoms with Gasteiger partial charge in [-0.1, -0.05) is 6.07 Å². The number of methoxy groups -OCH3 is 1. The maximum absolute atomic E-state index is 10.6. The zero-order valence-electron chi connectivity index (χ0n) is 13.2. The van der Waals surface area contributed by atoms with Gasteiger partial charge in [-0.3, -0.25) is 0 Å². The Kier molecular flexibility index (Phi) is 6.90. The topological polar surface area (TPSA) is 74.2 Å². The predicted octanol–water partition coefficient (Wildman–Crippen LogP) is 2.72. The molecule has 1 heterocycles. The highest BCUT2D eigenvalue weighted by Crippen LogP contribution is 2.28. The summed E-state index contributed by atoms with van der Waals surface area (Å²) in [5.74, 6) is 0.142. The molecule has 1 aliphatic heterocycles. The van der Waals surface area contributed by atoms with Crippen LogP contribution in [0, 0.1) is 0 Å². The fraction of sp³-hybridized carbons (Fsp3) is 0.471. The molecule has 0 spiro atoms. The summed E-state index contributed by atoms with van der Waals surface area (Å²) >= 11 is 0. The summed E-state index contributed by atoms with van der Waals surface area (Å²) in [6.45, 7) is 1.53. The van der Waals surface area contributed by atoms with Crippen LogP contribution in [-0.2, 0) is 14.3 Å². The number of rotatable bonds is 8. The third kappa shape index (κ3) is 5.92. The Hall–Kier alpha value is -2.05. The largest absolute Gasteiger partial charge is 0.493 e. The van der Waals surface area contributed by atoms with E-state index in [0.29, 0.717) is 24.7 Å². The molecular formula is C17H22O6. The van der Waals surface area contributed by atoms with Gasteiger partial charge in [0, 0.05) is 12.7 Å². The molecule has 0 radical (unpaired) electrons. The summed E-state index contributed by atoms with van der Waals surface area (Å²) in [5.41, 5.74) is 0.722. The first-order valence-corrected chi connectivity index (χ1v) is 7.64. The maximum Gasteiger partial charge on any atom is 0.328 e. The summed E-state index contributed by atoms with van der Waals surface area (Å²) in [6.07, 6.45) is 5.57. The fourth-order valence-corrected chi connectivity index (χ4v) is 2.25. The van der Waals surface area contributed by atoms with Crippen molar-refractivity contribution in [3.05, 3.63) is 29.8 Å². The van der Waals surface area contributed by atoms with Gasteiger partial charge in [0.25, 0.3) is 0 Å². The number of benzene rings is 1. The van der Waals surface area contributed by atoms with Crippen LogP contribution >= 0.6 is 0 Å². The highest BCUT2D eigenvalue weighted by atomic mass is 16.7. The minimum Gasteiger partial charge on any atom is -0.493 e. The van der Waals surface area contributed by atoms with Gasteiger partial charge in [-0.15, -0.1) is 0 Å². The SMILES string of the molecule is COc1ccc(/C=C/C(=O)O)cc1OCCOC1CCCCO1. The second kappa shape index (κ2) is 9.17. The molecule has 1 aromatic carbocycles. The molecule has 1 aliphatic rings. The van der Waals surface area contributed by atoms with Crippen molar-refractivity contribution in [3.8, 4) is 11.5 Å². The molecule has 0 aliphatic carbocycles. The molecule has 6 nitrogen and oxygen atoms in total. The summed E-state index contributed by atoms with van der Waals surface area (Å²) in [7, 11) is 1.56. The molecule has 0 saturated carbocycles. The van der Waals surface area contributed by atoms with Gasteiger partial charge in [-0.2, -0.15) is 0 Å². The zero-order chi connectivity index (χ0) is 16.5. The molecule has 1 saturated heterocycles. The Morgan fingerprint density at radius 2 is 2.22 bits per heavy atom. The van der Waals surface area contributed by atoms with Crippen LogP contribution < -0.4 is 9.47 Å². The number of hydrogen-bond donors (Lipinski definition) is 1. The lowest BCUT2D eigenvalue weighted by atomic mass is 10.2. The van der Waals surface area contributed by atoms with Crippen molar-refractivity contribution >= 4 is 12.0 Å². The number of hydrogen-bond acceptors (Lipinski definition) is 5. The second-order valence-corrected chi connectivity index (χ2v) is 5.10. The van der Waals surface area contributed by atoms with Gasteiger partial charge >= 0.3 is 5.97 Å². The molecule has 23 heavy (non-hydrogen) atoms. The van der Waals surface area contributed by atoms with Crippen LogP contribution in [0.4, 0.5) is 0 Å². The van der Waals surface area contributed by atoms with Gasteiger partial charge in [-0.25, -0.2) is 4.79 Å². The fourth-order valence-electron chi connectivity index (χ4n) is 2.25. The first-order valence-electron chi connectivity index (χ1n) is 7.64. The maximum atomic E-state index is 10.6. The van der Waals surface area contributed by atoms with Crippen LogP contribution in [0.15, 0.2) is 24.3 Å². The van der Waals surface area contributed by atoms with Crippen molar-refractivity contribution in [2.75, 3.05) is 26.9 Å². The summed E-state index contributed by atoms with van der Waals surface area (Å²) in [4.78, 5) is 10.6. The molecule has 1 aromatic rings. The molecule has 1 N–H and O–H groups in total. The Balaban J connectivity index is 1.86. The molecule has 1 unspecified atom stereocenters. The van der Waals surface area contributed by atoms with Crippen LogP contribution in [0.25, 0.3) is 6.08 Å². The van der Waals surface area contributed by atoms with Gasteiger partial charge in [0.1, 0.15) is 6.61 Å². The minimum absolute atomic E-state index is 0.140. The first-order chi connectivity index (χ1) is 11.2. The average Bonchev–Trinajstić information content (AvgIpc) is 2.58. The molecule has 2 rings (SSSR count). The van der Waals surface area contributed by atoms with E-state index in [1.807, 2.05) is 0 Å². The Labute approximate surface area is 135 Å². The number of ether oxygens (including phenoxy) is 4. The average molecular weight is 322 g/mol. The van der Waals surface area contributed by atoms with Gasteiger partial charge in [0.2, 0.25) is 0 Å². The molecular weight excluding hydrogens is 300 g/mol. The molecule has 0 bridgehead atoms. The quantitative estimate of drug-likeness (QED) is 0.586. The number of carboxylic acids is 1. The summed E-state index contributed by atoms with van der Waals surface area (Å²) in [5, 5.41) is 8.67. The first kappa shape index (κ1) is 17.3. The van der Waals surface area contributed by atoms with Crippen molar-refractivity contribution in [3.63, 3.8) is 0 Å². The lowest BCUT2D eigenvalue weighted by molar-refractivity contribution is -0.165. The van der Waals surface area contributed by atoms with E-state index in [2.05, 4.69) is 0 Å². The van der Waals surface area contributed by atoms with E-state index in [4.69, 9.17) is 24.1 Å². The second-order valence-electron chi connectivity index (χ2n) is 5.10. The van der Waals surface area contributed by atoms with Crippen molar-refractivity contribution in [1.82, 2.24) is 0 Å². The lowest BCUT2D eigenvalue weighted by Gasteiger charge is -2.22. The third-order valence-corrected chi connectivity index (χ3v) is 3.39. The van der Waals surface area contributed by atoms with Gasteiger partial charge in [0.05, 0.1) is 13.7 Å². The Morgan fingerprint density at radius 3 is 2.91 bits per heavy atom. The van der Waals surface area contributed by atoms with Crippen LogP contribution in [0.2, 0.25) is 0 Å². The number of carboxylic acid groups (broad SMARTS) is 1. The minimum atomic E-state index is -0.996. The van der Waals surface area contributed by atoms with E-state index in [-0.39, 0.29) is 6.29 Å². The summed E-state index contributed by atoms with van der Waals surface area (Å²) < 4.78 is 22.0. The van der Waals surface area contributed by atoms with Crippen LogP contribution in [-0.4, -0.2) is 44.3 Å². The van der Waals surface area contributed by atoms with Crippen LogP contribution in [0.3, 0.4) is 0 Å². The predicted molar refractivity (Wildman–Crippen MR) is 84.7 cm³/mol. The van der Waals surface area contributed by atoms with E-state index in [0.717, 1.165) is 37.5 Å². The molecule has 6 heteroatoms. The number of aliphatic carboxylic acids is 1. The van der Waals surface area contributed by atoms with E-state index < -0.39 is 5.97 Å². The van der Waals surface area contributed by atoms with Gasteiger partial charge in [0.15, 0.2) is 17.8 Å². The van der Waals surface area contributed by atoms with Crippen LogP contribution in [0.1, 0.15) is 24.8 Å². The highest BCUT2D eigenvalue weighted by Gasteiger charge is 2.13. The van der Waals surface area contributed by atoms with Crippen molar-refractivity contribution in [2.45, 2.75) is 25.6 Å². The monoisotopic (exact) mass is 322 g/mol. The number of carbonyl (C=O) groups is 1. The lowest BCUT2D eigenvalue weighted by Crippen LogP contribution is -2.24. The third-order valence-electron chi connectivity index (χ3n) is 3.39. The molecule has 1 fully saturated rings. The van der Waals surface area contributed by atoms with Crippen molar-refractivity contribution in [1.29, 1.82) is 0 Å². The van der Waals surface area contributed by atoms with E-state index in [1.165, 1.54) is 6.08 Å². The van der Waals surface area contributed by atoms with E-state index in [9.17, 15) is 4.79 Å². The molecule has 0 amide bonds. The normalized spacial score (nSPS) is 18.0. The zero-order valence-corrected chi connectivity index (χ0v) is 13.2. The standard InChI is InChI=1S/C17H22O6/c1-20-14-7-5-13(6-8-16(18)19)12-15(14)21-10-11-23-17-4-2-3-9-22-17/h5-8,12,17H,2-4,9-11H2,1H3,(H,18,19)/b8-6+. The molecule has 1 atom stereocenters. The van der Waals surface area contributed by atoms with E-state index in [1.54, 1.807) is 25.3 Å². The molecule has 126 valence electrons. The van der Waals surface area contributed by atoms with Crippen LogP contribution in [0.5, 0.6) is 11.5 Å². The molecule has 0 aromatic heterocycles. The van der Waals surface area contributed by atoms with Crippen molar-refractivity contribution < 1.29 is 28.8 Å². The van der Waals surface area contributed by atoms with Gasteiger partial charge in [-0.05, 0) is 43.0 Å². The van der Waals surface area contributed by atoms with Gasteiger partial charge < -0.3 is 24.1 Å². The van der Waals surface area contributed by atoms with Crippen molar-refractivity contribution in [2.24, 2.45) is 0 Å². The Morgan fingerprint density at radius 1 is 1.35 bits per heavy atom. The smallest absolute Gasteiger partial charge is 0.328 e. The van der Waals surface area contributed by atoms with E-state index >= 15 is 0 Å². The Bertz CT molecular complexity index is 534. The summed E-state index contributed by atoms with van der Waals surface area (Å²) in [6, 6.07) is 5.23. The highest BCUT2D eigenvalue weighted by molar-refractivity contribution is 5.85.